The van der Waals surface area contributed by atoms with Crippen LogP contribution in [-0.2, 0) is 5.41 Å². The molecule has 0 aliphatic heterocycles. The van der Waals surface area contributed by atoms with Crippen molar-refractivity contribution in [2.24, 2.45) is 5.41 Å². The molecule has 0 N–H and O–H groups in total. The number of unbranched alkanes of at least 4 members (excludes halogenated alkanes) is 3. The van der Waals surface area contributed by atoms with Crippen molar-refractivity contribution in [3.8, 4) is 11.3 Å². The van der Waals surface area contributed by atoms with Crippen molar-refractivity contribution in [1.29, 1.82) is 0 Å². The van der Waals surface area contributed by atoms with Crippen LogP contribution in [0.15, 0.2) is 42.5 Å². The quantitative estimate of drug-likeness (QED) is 0.183. The van der Waals surface area contributed by atoms with Gasteiger partial charge in [-0.05, 0) is 0 Å². The van der Waals surface area contributed by atoms with Gasteiger partial charge in [-0.25, -0.2) is 0 Å². The summed E-state index contributed by atoms with van der Waals surface area (Å²) in [4.78, 5) is 5.66. The van der Waals surface area contributed by atoms with Gasteiger partial charge in [0.15, 0.2) is 0 Å². The zero-order chi connectivity index (χ0) is 28.5. The molecule has 2 aliphatic rings. The SMILES string of the molecule is CCC[CH2][Sn]([CH2]CCC)([CH2]CCC)[c]1cccc([C@]23CC[C@@H](c4cc(-c5c(F)cccc5F)nnc42)C3(C)C)n1. The van der Waals surface area contributed by atoms with E-state index in [1.807, 2.05) is 6.07 Å². The van der Waals surface area contributed by atoms with E-state index in [1.54, 1.807) is 0 Å². The fourth-order valence-corrected chi connectivity index (χ4v) is 23.5. The van der Waals surface area contributed by atoms with Gasteiger partial charge in [0, 0.05) is 0 Å². The van der Waals surface area contributed by atoms with E-state index in [0.717, 1.165) is 29.8 Å². The van der Waals surface area contributed by atoms with Crippen LogP contribution in [0.4, 0.5) is 8.78 Å². The molecule has 2 aromatic heterocycles. The number of rotatable bonds is 12. The summed E-state index contributed by atoms with van der Waals surface area (Å²) in [5.74, 6) is -0.947. The summed E-state index contributed by atoms with van der Waals surface area (Å²) in [7, 11) is 0. The molecule has 0 amide bonds. The molecule has 0 spiro atoms. The number of pyridine rings is 1. The van der Waals surface area contributed by atoms with Gasteiger partial charge in [-0.3, -0.25) is 0 Å². The first-order valence-electron chi connectivity index (χ1n) is 15.6. The van der Waals surface area contributed by atoms with Gasteiger partial charge in [0.05, 0.1) is 0 Å². The molecule has 214 valence electrons. The molecule has 3 nitrogen and oxygen atoms in total. The van der Waals surface area contributed by atoms with Crippen molar-refractivity contribution in [3.05, 3.63) is 71.1 Å². The standard InChI is InChI=1S/C22H18F2N3.3C4H9.Sn/c1-21(2)14-9-10-22(21,18-8-3-4-11-25-18)20-13(14)12-17(26-27-20)19-15(23)6-5-7-16(19)24;3*1-3-4-2;/h3-8,12,14H,9-10H2,1-2H3;3*1,3-4H2,2H3;/t14-,22+;;;;/m0..../s1. The number of hydrogen-bond donors (Lipinski definition) is 0. The molecule has 0 saturated heterocycles. The first kappa shape index (κ1) is 29.6. The third-order valence-corrected chi connectivity index (χ3v) is 25.5. The number of aromatic nitrogens is 3. The zero-order valence-corrected chi connectivity index (χ0v) is 27.8. The molecule has 0 unspecified atom stereocenters. The second kappa shape index (κ2) is 11.8. The minimum absolute atomic E-state index is 0.0887. The van der Waals surface area contributed by atoms with E-state index in [-0.39, 0.29) is 28.0 Å². The zero-order valence-electron chi connectivity index (χ0n) is 25.0. The Morgan fingerprint density at radius 2 is 1.45 bits per heavy atom. The number of benzene rings is 1. The second-order valence-electron chi connectivity index (χ2n) is 12.8. The van der Waals surface area contributed by atoms with Crippen molar-refractivity contribution in [2.75, 3.05) is 0 Å². The molecule has 2 aliphatic carbocycles. The summed E-state index contributed by atoms with van der Waals surface area (Å²) in [6.07, 6.45) is 9.63. The first-order valence-corrected chi connectivity index (χ1v) is 23.0. The van der Waals surface area contributed by atoms with Crippen LogP contribution in [0.3, 0.4) is 0 Å². The van der Waals surface area contributed by atoms with Crippen molar-refractivity contribution in [1.82, 2.24) is 15.2 Å². The Labute approximate surface area is 243 Å². The normalized spacial score (nSPS) is 21.1. The molecule has 0 radical (unpaired) electrons. The molecule has 2 atom stereocenters. The predicted molar refractivity (Wildman–Crippen MR) is 163 cm³/mol. The van der Waals surface area contributed by atoms with Crippen LogP contribution in [0.2, 0.25) is 13.3 Å². The van der Waals surface area contributed by atoms with Crippen LogP contribution in [0.5, 0.6) is 0 Å². The van der Waals surface area contributed by atoms with Crippen LogP contribution >= 0.6 is 0 Å². The number of halogens is 2. The molecule has 3 aromatic rings. The van der Waals surface area contributed by atoms with Crippen molar-refractivity contribution in [2.45, 2.75) is 111 Å². The number of hydrogen-bond acceptors (Lipinski definition) is 3. The first-order chi connectivity index (χ1) is 19.3. The average Bonchev–Trinajstić information content (AvgIpc) is 3.33. The number of fused-ring (bicyclic) bond motifs is 5. The van der Waals surface area contributed by atoms with Crippen LogP contribution in [-0.4, -0.2) is 33.6 Å². The third-order valence-electron chi connectivity index (χ3n) is 10.4. The summed E-state index contributed by atoms with van der Waals surface area (Å²) < 4.78 is 35.0. The van der Waals surface area contributed by atoms with E-state index >= 15 is 0 Å². The minimum atomic E-state index is -2.74. The topological polar surface area (TPSA) is 38.7 Å². The van der Waals surface area contributed by atoms with Gasteiger partial charge in [0.2, 0.25) is 0 Å². The molecule has 40 heavy (non-hydrogen) atoms. The Hall–Kier alpha value is -1.89. The van der Waals surface area contributed by atoms with Crippen LogP contribution in [0.1, 0.15) is 109 Å². The van der Waals surface area contributed by atoms with E-state index in [9.17, 15) is 8.78 Å². The molecule has 2 heterocycles. The Morgan fingerprint density at radius 3 is 2.05 bits per heavy atom. The van der Waals surface area contributed by atoms with Gasteiger partial charge in [-0.15, -0.1) is 0 Å². The van der Waals surface area contributed by atoms with Gasteiger partial charge in [-0.2, -0.15) is 0 Å². The van der Waals surface area contributed by atoms with E-state index in [4.69, 9.17) is 10.1 Å². The Balaban J connectivity index is 1.63. The summed E-state index contributed by atoms with van der Waals surface area (Å²) in [5.41, 5.74) is 2.94. The van der Waals surface area contributed by atoms with Crippen molar-refractivity contribution < 1.29 is 8.78 Å². The average molecular weight is 652 g/mol. The maximum atomic E-state index is 14.7. The molecule has 1 fully saturated rings. The van der Waals surface area contributed by atoms with Gasteiger partial charge >= 0.3 is 244 Å². The van der Waals surface area contributed by atoms with E-state index in [1.165, 1.54) is 73.7 Å². The number of nitrogens with zero attached hydrogens (tertiary/aromatic N) is 3. The van der Waals surface area contributed by atoms with Gasteiger partial charge in [0.25, 0.3) is 0 Å². The van der Waals surface area contributed by atoms with Crippen LogP contribution in [0.25, 0.3) is 11.3 Å². The summed E-state index contributed by atoms with van der Waals surface area (Å²) in [5, 5.41) is 9.22. The molecule has 1 saturated carbocycles. The third kappa shape index (κ3) is 4.72. The predicted octanol–water partition coefficient (Wildman–Crippen LogP) is 9.08. The Morgan fingerprint density at radius 1 is 0.850 bits per heavy atom. The molecular formula is C34H45F2N3Sn. The van der Waals surface area contributed by atoms with Gasteiger partial charge in [0.1, 0.15) is 0 Å². The molecule has 1 aromatic carbocycles. The Kier molecular flexibility index (Phi) is 8.71. The van der Waals surface area contributed by atoms with Crippen molar-refractivity contribution in [3.63, 3.8) is 0 Å². The van der Waals surface area contributed by atoms with E-state index in [2.05, 4.69) is 57.9 Å². The fourth-order valence-electron chi connectivity index (χ4n) is 8.03. The van der Waals surface area contributed by atoms with E-state index < -0.39 is 30.0 Å². The molecule has 6 heteroatoms. The van der Waals surface area contributed by atoms with Crippen LogP contribution in [0, 0.1) is 17.0 Å². The molecule has 5 rings (SSSR count). The molecular weight excluding hydrogens is 607 g/mol. The van der Waals surface area contributed by atoms with E-state index in [0.29, 0.717) is 0 Å². The monoisotopic (exact) mass is 653 g/mol. The van der Waals surface area contributed by atoms with Crippen LogP contribution < -0.4 is 3.71 Å². The fraction of sp³-hybridized carbons (Fsp3) is 0.559. The second-order valence-corrected chi connectivity index (χ2v) is 25.9. The maximum absolute atomic E-state index is 14.7. The summed E-state index contributed by atoms with van der Waals surface area (Å²) in [6, 6.07) is 12.7. The van der Waals surface area contributed by atoms with Gasteiger partial charge in [-0.1, -0.05) is 0 Å². The van der Waals surface area contributed by atoms with Crippen molar-refractivity contribution >= 4 is 22.1 Å². The Bertz CT molecular complexity index is 1310. The van der Waals surface area contributed by atoms with Gasteiger partial charge < -0.3 is 0 Å². The summed E-state index contributed by atoms with van der Waals surface area (Å²) >= 11 is -2.74. The summed E-state index contributed by atoms with van der Waals surface area (Å²) in [6.45, 7) is 11.6. The molecule has 2 bridgehead atoms.